The van der Waals surface area contributed by atoms with Crippen molar-refractivity contribution in [2.24, 2.45) is 0 Å². The zero-order valence-corrected chi connectivity index (χ0v) is 13.5. The molecule has 7 nitrogen and oxygen atoms in total. The van der Waals surface area contributed by atoms with E-state index in [1.54, 1.807) is 24.3 Å². The summed E-state index contributed by atoms with van der Waals surface area (Å²) in [5, 5.41) is 29.7. The normalized spacial score (nSPS) is 11.6. The van der Waals surface area contributed by atoms with Gasteiger partial charge in [-0.3, -0.25) is 0 Å². The van der Waals surface area contributed by atoms with Gasteiger partial charge >= 0.3 is 17.9 Å². The molecule has 0 heterocycles. The van der Waals surface area contributed by atoms with E-state index in [1.807, 2.05) is 0 Å². The lowest BCUT2D eigenvalue weighted by molar-refractivity contribution is -0.146. The van der Waals surface area contributed by atoms with E-state index in [0.29, 0.717) is 10.8 Å². The predicted molar refractivity (Wildman–Crippen MR) is 88.3 cm³/mol. The first-order valence-electron chi connectivity index (χ1n) is 7.29. The Bertz CT molecular complexity index is 891. The highest BCUT2D eigenvalue weighted by Crippen LogP contribution is 2.21. The standard InChI is InChI=1S/C18H16O7/c1-9(2)14(19)15(20)18(24)25-17(23)13-8-11-6-4-3-5-10(11)7-12(13)16(21)22/h3-8,15,19-20H,1-2H3,(H,21,22)/t15-/m0/s1. The van der Waals surface area contributed by atoms with Gasteiger partial charge in [0.05, 0.1) is 11.1 Å². The quantitative estimate of drug-likeness (QED) is 0.442. The molecule has 0 aliphatic rings. The van der Waals surface area contributed by atoms with Gasteiger partial charge in [-0.2, -0.15) is 0 Å². The molecule has 0 amide bonds. The lowest BCUT2D eigenvalue weighted by atomic mass is 10.0. The van der Waals surface area contributed by atoms with Gasteiger partial charge < -0.3 is 20.1 Å². The Morgan fingerprint density at radius 1 is 0.960 bits per heavy atom. The number of carbonyl (C=O) groups is 3. The topological polar surface area (TPSA) is 121 Å². The Labute approximate surface area is 142 Å². The number of fused-ring (bicyclic) bond motifs is 1. The number of hydrogen-bond acceptors (Lipinski definition) is 6. The number of rotatable bonds is 4. The number of benzene rings is 2. The molecule has 2 aromatic carbocycles. The average Bonchev–Trinajstić information content (AvgIpc) is 2.58. The van der Waals surface area contributed by atoms with E-state index in [4.69, 9.17) is 0 Å². The second-order valence-electron chi connectivity index (χ2n) is 5.55. The van der Waals surface area contributed by atoms with E-state index in [-0.39, 0.29) is 16.7 Å². The van der Waals surface area contributed by atoms with Crippen molar-refractivity contribution in [1.29, 1.82) is 0 Å². The molecule has 0 spiro atoms. The molecule has 0 aliphatic carbocycles. The molecule has 2 aromatic rings. The molecule has 0 saturated carbocycles. The highest BCUT2D eigenvalue weighted by Gasteiger charge is 2.27. The molecule has 25 heavy (non-hydrogen) atoms. The molecule has 0 radical (unpaired) electrons. The van der Waals surface area contributed by atoms with Crippen molar-refractivity contribution in [3.8, 4) is 0 Å². The summed E-state index contributed by atoms with van der Waals surface area (Å²) in [6.45, 7) is 2.92. The van der Waals surface area contributed by atoms with Crippen LogP contribution < -0.4 is 0 Å². The van der Waals surface area contributed by atoms with Gasteiger partial charge in [0.15, 0.2) is 0 Å². The number of carboxylic acid groups (broad SMARTS) is 1. The molecule has 1 atom stereocenters. The number of allylic oxidation sites excluding steroid dienone is 1. The van der Waals surface area contributed by atoms with Crippen LogP contribution in [0, 0.1) is 0 Å². The second kappa shape index (κ2) is 7.14. The zero-order valence-electron chi connectivity index (χ0n) is 13.5. The van der Waals surface area contributed by atoms with Gasteiger partial charge in [0, 0.05) is 0 Å². The first kappa shape index (κ1) is 18.2. The van der Waals surface area contributed by atoms with E-state index in [2.05, 4.69) is 4.74 Å². The maximum Gasteiger partial charge on any atom is 0.350 e. The van der Waals surface area contributed by atoms with Crippen molar-refractivity contribution in [2.45, 2.75) is 20.0 Å². The summed E-state index contributed by atoms with van der Waals surface area (Å²) in [4.78, 5) is 35.4. The molecule has 0 fully saturated rings. The molecule has 0 bridgehead atoms. The van der Waals surface area contributed by atoms with Gasteiger partial charge in [-0.15, -0.1) is 0 Å². The third-order valence-electron chi connectivity index (χ3n) is 3.52. The Morgan fingerprint density at radius 2 is 1.48 bits per heavy atom. The summed E-state index contributed by atoms with van der Waals surface area (Å²) in [6, 6.07) is 9.36. The maximum atomic E-state index is 12.2. The Hall–Kier alpha value is -3.19. The third kappa shape index (κ3) is 3.84. The fraction of sp³-hybridized carbons (Fsp3) is 0.167. The minimum absolute atomic E-state index is 0.272. The lowest BCUT2D eigenvalue weighted by Crippen LogP contribution is -2.28. The summed E-state index contributed by atoms with van der Waals surface area (Å²) in [5.41, 5.74) is -0.394. The van der Waals surface area contributed by atoms with Crippen LogP contribution >= 0.6 is 0 Å². The maximum absolute atomic E-state index is 12.2. The SMILES string of the molecule is CC(C)=C(O)[C@H](O)C(=O)OC(=O)c1cc2ccccc2cc1C(=O)O. The first-order valence-corrected chi connectivity index (χ1v) is 7.29. The van der Waals surface area contributed by atoms with Gasteiger partial charge in [-0.1, -0.05) is 24.3 Å². The van der Waals surface area contributed by atoms with Crippen molar-refractivity contribution in [3.63, 3.8) is 0 Å². The molecule has 0 unspecified atom stereocenters. The van der Waals surface area contributed by atoms with Crippen LogP contribution in [0.25, 0.3) is 10.8 Å². The van der Waals surface area contributed by atoms with E-state index in [9.17, 15) is 29.7 Å². The first-order chi connectivity index (χ1) is 11.7. The molecule has 2 rings (SSSR count). The van der Waals surface area contributed by atoms with Gasteiger partial charge in [-0.05, 0) is 42.3 Å². The van der Waals surface area contributed by atoms with Gasteiger partial charge in [0.1, 0.15) is 5.76 Å². The van der Waals surface area contributed by atoms with Crippen LogP contribution in [0.3, 0.4) is 0 Å². The molecule has 0 aliphatic heterocycles. The Kier molecular flexibility index (Phi) is 5.19. The third-order valence-corrected chi connectivity index (χ3v) is 3.52. The smallest absolute Gasteiger partial charge is 0.350 e. The molecule has 7 heteroatoms. The van der Waals surface area contributed by atoms with Gasteiger partial charge in [0.2, 0.25) is 6.10 Å². The fourth-order valence-corrected chi connectivity index (χ4v) is 2.17. The highest BCUT2D eigenvalue weighted by atomic mass is 16.6. The summed E-state index contributed by atoms with van der Waals surface area (Å²) in [5.74, 6) is -4.62. The summed E-state index contributed by atoms with van der Waals surface area (Å²) in [6.07, 6.45) is -2.03. The number of aliphatic hydroxyl groups is 2. The molecule has 3 N–H and O–H groups in total. The molecule has 0 saturated heterocycles. The van der Waals surface area contributed by atoms with Crippen molar-refractivity contribution < 1.29 is 34.4 Å². The van der Waals surface area contributed by atoms with E-state index in [0.717, 1.165) is 0 Å². The molecular formula is C18H16O7. The van der Waals surface area contributed by atoms with E-state index < -0.39 is 29.8 Å². The molecule has 130 valence electrons. The minimum atomic E-state index is -2.03. The Morgan fingerprint density at radius 3 is 1.96 bits per heavy atom. The number of hydrogen-bond donors (Lipinski definition) is 3. The zero-order chi connectivity index (χ0) is 18.7. The van der Waals surface area contributed by atoms with Crippen LogP contribution in [0.1, 0.15) is 34.6 Å². The lowest BCUT2D eigenvalue weighted by Gasteiger charge is -2.12. The molecule has 0 aromatic heterocycles. The average molecular weight is 344 g/mol. The highest BCUT2D eigenvalue weighted by molar-refractivity contribution is 6.09. The number of aliphatic hydroxyl groups excluding tert-OH is 2. The van der Waals surface area contributed by atoms with Crippen molar-refractivity contribution in [2.75, 3.05) is 0 Å². The van der Waals surface area contributed by atoms with Crippen LogP contribution in [0.4, 0.5) is 0 Å². The number of ether oxygens (including phenoxy) is 1. The summed E-state index contributed by atoms with van der Waals surface area (Å²) < 4.78 is 4.52. The van der Waals surface area contributed by atoms with Crippen LogP contribution in [0.15, 0.2) is 47.7 Å². The minimum Gasteiger partial charge on any atom is -0.509 e. The largest absolute Gasteiger partial charge is 0.509 e. The van der Waals surface area contributed by atoms with Crippen LogP contribution in [0.2, 0.25) is 0 Å². The predicted octanol–water partition coefficient (Wildman–Crippen LogP) is 2.43. The monoisotopic (exact) mass is 344 g/mol. The van der Waals surface area contributed by atoms with Crippen LogP contribution in [-0.4, -0.2) is 39.3 Å². The fourth-order valence-electron chi connectivity index (χ4n) is 2.17. The summed E-state index contributed by atoms with van der Waals surface area (Å²) in [7, 11) is 0. The number of carboxylic acids is 1. The van der Waals surface area contributed by atoms with E-state index >= 15 is 0 Å². The molecular weight excluding hydrogens is 328 g/mol. The van der Waals surface area contributed by atoms with Crippen molar-refractivity contribution in [3.05, 3.63) is 58.9 Å². The Balaban J connectivity index is 2.38. The van der Waals surface area contributed by atoms with Gasteiger partial charge in [-0.25, -0.2) is 14.4 Å². The number of carbonyl (C=O) groups excluding carboxylic acids is 2. The van der Waals surface area contributed by atoms with Crippen LogP contribution in [0.5, 0.6) is 0 Å². The van der Waals surface area contributed by atoms with Gasteiger partial charge in [0.25, 0.3) is 0 Å². The second-order valence-corrected chi connectivity index (χ2v) is 5.55. The van der Waals surface area contributed by atoms with E-state index in [1.165, 1.54) is 26.0 Å². The summed E-state index contributed by atoms with van der Waals surface area (Å²) >= 11 is 0. The van der Waals surface area contributed by atoms with Crippen molar-refractivity contribution >= 4 is 28.7 Å². The number of aromatic carboxylic acids is 1. The number of esters is 2. The van der Waals surface area contributed by atoms with Crippen molar-refractivity contribution in [1.82, 2.24) is 0 Å². The van der Waals surface area contributed by atoms with Crippen LogP contribution in [-0.2, 0) is 9.53 Å².